The number of esters is 1. The topological polar surface area (TPSA) is 76.4 Å². The first-order valence-corrected chi connectivity index (χ1v) is 9.62. The lowest BCUT2D eigenvalue weighted by Crippen LogP contribution is -2.14. The number of allylic oxidation sites excluding steroid dienone is 2. The van der Waals surface area contributed by atoms with E-state index in [9.17, 15) is 19.2 Å². The van der Waals surface area contributed by atoms with Gasteiger partial charge in [-0.05, 0) is 53.3 Å². The van der Waals surface area contributed by atoms with Crippen LogP contribution in [0.1, 0.15) is 25.5 Å². The van der Waals surface area contributed by atoms with Gasteiger partial charge in [0.05, 0.1) is 5.92 Å². The van der Waals surface area contributed by atoms with Crippen LogP contribution >= 0.6 is 11.6 Å². The van der Waals surface area contributed by atoms with Gasteiger partial charge in [-0.2, -0.15) is 5.26 Å². The maximum Gasteiger partial charge on any atom is 0.311 e. The Morgan fingerprint density at radius 3 is 2.57 bits per heavy atom. The molecule has 3 rings (SSSR count). The van der Waals surface area contributed by atoms with Crippen molar-refractivity contribution in [1.82, 2.24) is 0 Å². The van der Waals surface area contributed by atoms with Crippen LogP contribution in [0.5, 0.6) is 11.5 Å². The zero-order valence-electron chi connectivity index (χ0n) is 16.3. The SMILES string of the molecule is CC1(C)[C@H](C(=O)O[C@H](C#N)c2ccc(F)c(Oc3ccccc3)c2)[C@@H]1/C=C\C(=O)Cl. The molecule has 2 aromatic carbocycles. The van der Waals surface area contributed by atoms with Gasteiger partial charge < -0.3 is 9.47 Å². The van der Waals surface area contributed by atoms with Crippen molar-refractivity contribution in [2.45, 2.75) is 20.0 Å². The highest BCUT2D eigenvalue weighted by atomic mass is 35.5. The molecule has 0 aliphatic heterocycles. The normalized spacial score (nSPS) is 20.2. The molecule has 3 atom stereocenters. The van der Waals surface area contributed by atoms with Gasteiger partial charge in [0.2, 0.25) is 11.3 Å². The summed E-state index contributed by atoms with van der Waals surface area (Å²) < 4.78 is 25.1. The van der Waals surface area contributed by atoms with Gasteiger partial charge in [-0.1, -0.05) is 44.2 Å². The predicted octanol–water partition coefficient (Wildman–Crippen LogP) is 5.32. The van der Waals surface area contributed by atoms with Gasteiger partial charge in [-0.25, -0.2) is 4.39 Å². The van der Waals surface area contributed by atoms with Crippen molar-refractivity contribution in [3.8, 4) is 17.6 Å². The standard InChI is InChI=1S/C23H19ClFNO4/c1-23(2)16(9-11-20(24)27)21(23)22(28)30-19(13-26)14-8-10-17(25)18(12-14)29-15-6-4-3-5-7-15/h3-12,16,19,21H,1-2H3/b11-9-/t16-,19+,21-/m0/s1. The number of benzene rings is 2. The molecule has 0 bridgehead atoms. The Hall–Kier alpha value is -3.17. The summed E-state index contributed by atoms with van der Waals surface area (Å²) in [6.07, 6.45) is 1.55. The van der Waals surface area contributed by atoms with Gasteiger partial charge in [-0.3, -0.25) is 9.59 Å². The van der Waals surface area contributed by atoms with E-state index >= 15 is 0 Å². The summed E-state index contributed by atoms with van der Waals surface area (Å²) in [5.74, 6) is -1.56. The van der Waals surface area contributed by atoms with E-state index in [-0.39, 0.29) is 11.7 Å². The molecule has 1 saturated carbocycles. The van der Waals surface area contributed by atoms with Crippen LogP contribution in [-0.2, 0) is 14.3 Å². The molecule has 1 aliphatic carbocycles. The molecule has 1 fully saturated rings. The lowest BCUT2D eigenvalue weighted by atomic mass is 10.1. The van der Waals surface area contributed by atoms with Gasteiger partial charge in [0.1, 0.15) is 11.8 Å². The molecule has 5 nitrogen and oxygen atoms in total. The smallest absolute Gasteiger partial charge is 0.311 e. The van der Waals surface area contributed by atoms with E-state index in [0.29, 0.717) is 11.3 Å². The number of hydrogen-bond acceptors (Lipinski definition) is 5. The van der Waals surface area contributed by atoms with Crippen LogP contribution in [0, 0.1) is 34.4 Å². The Labute approximate surface area is 178 Å². The van der Waals surface area contributed by atoms with Gasteiger partial charge in [0, 0.05) is 5.56 Å². The second-order valence-electron chi connectivity index (χ2n) is 7.54. The van der Waals surface area contributed by atoms with E-state index < -0.39 is 34.5 Å². The van der Waals surface area contributed by atoms with Crippen molar-refractivity contribution in [2.75, 3.05) is 0 Å². The van der Waals surface area contributed by atoms with Crippen molar-refractivity contribution in [1.29, 1.82) is 5.26 Å². The summed E-state index contributed by atoms with van der Waals surface area (Å²) in [4.78, 5) is 23.6. The number of halogens is 2. The lowest BCUT2D eigenvalue weighted by Gasteiger charge is -2.14. The Balaban J connectivity index is 1.75. The largest absolute Gasteiger partial charge is 0.454 e. The number of ether oxygens (including phenoxy) is 2. The first-order chi connectivity index (χ1) is 14.2. The third-order valence-electron chi connectivity index (χ3n) is 5.18. The molecular formula is C23H19ClFNO4. The summed E-state index contributed by atoms with van der Waals surface area (Å²) in [6.45, 7) is 3.72. The van der Waals surface area contributed by atoms with Gasteiger partial charge in [0.15, 0.2) is 11.6 Å². The fourth-order valence-corrected chi connectivity index (χ4v) is 3.47. The maximum absolute atomic E-state index is 14.2. The average molecular weight is 428 g/mol. The zero-order chi connectivity index (χ0) is 21.9. The average Bonchev–Trinajstić information content (AvgIpc) is 3.27. The van der Waals surface area contributed by atoms with Gasteiger partial charge in [0.25, 0.3) is 0 Å². The number of hydrogen-bond donors (Lipinski definition) is 0. The van der Waals surface area contributed by atoms with Gasteiger partial charge >= 0.3 is 5.97 Å². The molecule has 0 heterocycles. The second kappa shape index (κ2) is 8.68. The number of carbonyl (C=O) groups is 2. The Morgan fingerprint density at radius 2 is 1.93 bits per heavy atom. The molecule has 0 radical (unpaired) electrons. The summed E-state index contributed by atoms with van der Waals surface area (Å²) in [5.41, 5.74) is -0.135. The monoisotopic (exact) mass is 427 g/mol. The molecule has 1 aliphatic rings. The Bertz CT molecular complexity index is 1030. The zero-order valence-corrected chi connectivity index (χ0v) is 17.1. The van der Waals surface area contributed by atoms with E-state index in [0.717, 1.165) is 6.07 Å². The molecule has 0 saturated heterocycles. The van der Waals surface area contributed by atoms with Crippen molar-refractivity contribution in [3.63, 3.8) is 0 Å². The minimum absolute atomic E-state index is 0.0804. The van der Waals surface area contributed by atoms with E-state index in [1.807, 2.05) is 19.9 Å². The fourth-order valence-electron chi connectivity index (χ4n) is 3.40. The molecule has 2 aromatic rings. The highest BCUT2D eigenvalue weighted by Crippen LogP contribution is 2.59. The first kappa shape index (κ1) is 21.5. The van der Waals surface area contributed by atoms with E-state index in [1.165, 1.54) is 18.2 Å². The first-order valence-electron chi connectivity index (χ1n) is 9.24. The van der Waals surface area contributed by atoms with E-state index in [4.69, 9.17) is 21.1 Å². The maximum atomic E-state index is 14.2. The highest BCUT2D eigenvalue weighted by molar-refractivity contribution is 6.66. The summed E-state index contributed by atoms with van der Waals surface area (Å²) in [5, 5.41) is 8.89. The van der Waals surface area contributed by atoms with E-state index in [2.05, 4.69) is 0 Å². The van der Waals surface area contributed by atoms with Crippen molar-refractivity contribution in [2.24, 2.45) is 17.3 Å². The molecule has 0 spiro atoms. The van der Waals surface area contributed by atoms with Crippen molar-refractivity contribution >= 4 is 22.8 Å². The summed E-state index contributed by atoms with van der Waals surface area (Å²) in [6, 6.07) is 14.4. The minimum atomic E-state index is -1.23. The number of rotatable bonds is 7. The number of nitrogens with zero attached hydrogens (tertiary/aromatic N) is 1. The number of nitriles is 1. The van der Waals surface area contributed by atoms with Crippen LogP contribution in [-0.4, -0.2) is 11.2 Å². The van der Waals surface area contributed by atoms with Crippen LogP contribution in [0.3, 0.4) is 0 Å². The number of carbonyl (C=O) groups excluding carboxylic acids is 2. The highest BCUT2D eigenvalue weighted by Gasteiger charge is 2.61. The molecule has 7 heteroatoms. The Kier molecular flexibility index (Phi) is 6.23. The molecule has 154 valence electrons. The lowest BCUT2D eigenvalue weighted by molar-refractivity contribution is -0.149. The van der Waals surface area contributed by atoms with E-state index in [1.54, 1.807) is 36.4 Å². The van der Waals surface area contributed by atoms with Crippen molar-refractivity contribution in [3.05, 3.63) is 72.1 Å². The minimum Gasteiger partial charge on any atom is -0.454 e. The van der Waals surface area contributed by atoms with Gasteiger partial charge in [-0.15, -0.1) is 0 Å². The van der Waals surface area contributed by atoms with Crippen molar-refractivity contribution < 1.29 is 23.5 Å². The fraction of sp³-hybridized carbons (Fsp3) is 0.261. The third-order valence-corrected chi connectivity index (χ3v) is 5.31. The molecule has 30 heavy (non-hydrogen) atoms. The van der Waals surface area contributed by atoms with Crippen LogP contribution in [0.25, 0.3) is 0 Å². The molecular weight excluding hydrogens is 409 g/mol. The molecule has 0 aromatic heterocycles. The van der Waals surface area contributed by atoms with Crippen LogP contribution < -0.4 is 4.74 Å². The molecule has 0 unspecified atom stereocenters. The second-order valence-corrected chi connectivity index (χ2v) is 7.91. The Morgan fingerprint density at radius 1 is 1.23 bits per heavy atom. The van der Waals surface area contributed by atoms with Crippen LogP contribution in [0.2, 0.25) is 0 Å². The van der Waals surface area contributed by atoms with Crippen LogP contribution in [0.4, 0.5) is 4.39 Å². The molecule has 0 amide bonds. The predicted molar refractivity (Wildman–Crippen MR) is 108 cm³/mol. The quantitative estimate of drug-likeness (QED) is 0.339. The molecule has 0 N–H and O–H groups in total. The third kappa shape index (κ3) is 4.69. The summed E-state index contributed by atoms with van der Waals surface area (Å²) in [7, 11) is 0. The summed E-state index contributed by atoms with van der Waals surface area (Å²) >= 11 is 5.32. The number of para-hydroxylation sites is 1. The van der Waals surface area contributed by atoms with Crippen LogP contribution in [0.15, 0.2) is 60.7 Å².